The minimum Gasteiger partial charge on any atom is -0.442 e. The quantitative estimate of drug-likeness (QED) is 0.627. The average Bonchev–Trinajstić information content (AvgIpc) is 3.35. The summed E-state index contributed by atoms with van der Waals surface area (Å²) in [5.74, 6) is -0.861. The van der Waals surface area contributed by atoms with Gasteiger partial charge in [0, 0.05) is 42.2 Å². The summed E-state index contributed by atoms with van der Waals surface area (Å²) >= 11 is 0. The highest BCUT2D eigenvalue weighted by Crippen LogP contribution is 2.61. The number of fused-ring (bicyclic) bond motifs is 1. The Morgan fingerprint density at radius 3 is 2.68 bits per heavy atom. The molecule has 34 heavy (non-hydrogen) atoms. The van der Waals surface area contributed by atoms with Gasteiger partial charge in [0.25, 0.3) is 0 Å². The van der Waals surface area contributed by atoms with Crippen LogP contribution in [0, 0.1) is 34.8 Å². The number of hydrogen-bond donors (Lipinski definition) is 1. The fourth-order valence-electron chi connectivity index (χ4n) is 5.46. The Labute approximate surface area is 193 Å². The monoisotopic (exact) mass is 462 g/mol. The molecule has 10 heteroatoms. The second-order valence-corrected chi connectivity index (χ2v) is 8.95. The van der Waals surface area contributed by atoms with Crippen LogP contribution in [0.25, 0.3) is 11.1 Å². The van der Waals surface area contributed by atoms with E-state index in [-0.39, 0.29) is 23.9 Å². The summed E-state index contributed by atoms with van der Waals surface area (Å²) < 4.78 is 37.1. The number of nitrogens with one attached hydrogen (secondary N) is 1. The highest BCUT2D eigenvalue weighted by atomic mass is 19.1. The van der Waals surface area contributed by atoms with Crippen LogP contribution >= 0.6 is 0 Å². The molecule has 1 amide bonds. The van der Waals surface area contributed by atoms with Crippen molar-refractivity contribution in [2.45, 2.75) is 18.1 Å². The Bertz CT molecular complexity index is 1310. The van der Waals surface area contributed by atoms with Crippen molar-refractivity contribution >= 4 is 11.8 Å². The first-order valence-electron chi connectivity index (χ1n) is 11.1. The van der Waals surface area contributed by atoms with E-state index in [9.17, 15) is 10.1 Å². The molecule has 6 rings (SSSR count). The predicted molar refractivity (Wildman–Crippen MR) is 117 cm³/mol. The lowest BCUT2D eigenvalue weighted by Crippen LogP contribution is -2.26. The van der Waals surface area contributed by atoms with Crippen molar-refractivity contribution in [2.75, 3.05) is 24.5 Å². The maximum Gasteiger partial charge on any atom is 0.414 e. The third-order valence-electron chi connectivity index (χ3n) is 7.19. The molecule has 2 aliphatic heterocycles. The summed E-state index contributed by atoms with van der Waals surface area (Å²) in [7, 11) is 0. The zero-order chi connectivity index (χ0) is 23.4. The van der Waals surface area contributed by atoms with Gasteiger partial charge in [-0.3, -0.25) is 4.90 Å². The summed E-state index contributed by atoms with van der Waals surface area (Å²) in [5.41, 5.74) is 0.520. The van der Waals surface area contributed by atoms with Crippen LogP contribution in [-0.4, -0.2) is 46.8 Å². The molecular weight excluding hydrogens is 442 g/mol. The number of benzene rings is 2. The first kappa shape index (κ1) is 20.7. The molecule has 0 unspecified atom stereocenters. The van der Waals surface area contributed by atoms with Crippen molar-refractivity contribution in [3.8, 4) is 17.2 Å². The second-order valence-electron chi connectivity index (χ2n) is 8.95. The van der Waals surface area contributed by atoms with Gasteiger partial charge in [-0.1, -0.05) is 17.3 Å². The molecule has 0 radical (unpaired) electrons. The fraction of sp³-hybridized carbons (Fsp3) is 0.333. The molecule has 3 heterocycles. The molecule has 1 N–H and O–H groups in total. The highest BCUT2D eigenvalue weighted by molar-refractivity contribution is 5.90. The molecular formula is C24H20F2N6O2. The number of aromatic nitrogens is 3. The summed E-state index contributed by atoms with van der Waals surface area (Å²) in [5, 5.41) is 20.6. The minimum absolute atomic E-state index is 0.113. The number of carbonyl (C=O) groups is 1. The van der Waals surface area contributed by atoms with Gasteiger partial charge in [0.1, 0.15) is 17.7 Å². The van der Waals surface area contributed by atoms with Gasteiger partial charge in [-0.15, -0.1) is 5.10 Å². The van der Waals surface area contributed by atoms with Crippen molar-refractivity contribution in [2.24, 2.45) is 11.8 Å². The van der Waals surface area contributed by atoms with Crippen LogP contribution in [0.3, 0.4) is 0 Å². The van der Waals surface area contributed by atoms with E-state index in [1.54, 1.807) is 29.1 Å². The molecule has 172 valence electrons. The Hall–Kier alpha value is -3.84. The van der Waals surface area contributed by atoms with E-state index in [0.29, 0.717) is 36.4 Å². The first-order chi connectivity index (χ1) is 16.5. The van der Waals surface area contributed by atoms with Gasteiger partial charge in [0.15, 0.2) is 0 Å². The van der Waals surface area contributed by atoms with Crippen LogP contribution in [0.5, 0.6) is 0 Å². The van der Waals surface area contributed by atoms with Crippen LogP contribution < -0.4 is 10.2 Å². The lowest BCUT2D eigenvalue weighted by Gasteiger charge is -2.17. The second kappa shape index (κ2) is 7.60. The molecule has 3 aliphatic rings. The number of piperidine rings is 1. The van der Waals surface area contributed by atoms with E-state index < -0.39 is 29.2 Å². The van der Waals surface area contributed by atoms with Crippen LogP contribution in [0.15, 0.2) is 48.8 Å². The van der Waals surface area contributed by atoms with E-state index >= 15 is 8.78 Å². The molecule has 1 saturated carbocycles. The molecule has 0 bridgehead atoms. The number of rotatable bonds is 5. The predicted octanol–water partition coefficient (Wildman–Crippen LogP) is 2.86. The van der Waals surface area contributed by atoms with Gasteiger partial charge in [-0.25, -0.2) is 18.3 Å². The van der Waals surface area contributed by atoms with Crippen molar-refractivity contribution in [1.29, 1.82) is 5.26 Å². The number of cyclic esters (lactones) is 1. The molecule has 3 fully saturated rings. The van der Waals surface area contributed by atoms with Gasteiger partial charge in [-0.05, 0) is 29.8 Å². The number of halogens is 2. The van der Waals surface area contributed by atoms with Crippen LogP contribution in [0.2, 0.25) is 0 Å². The Morgan fingerprint density at radius 2 is 2.00 bits per heavy atom. The highest BCUT2D eigenvalue weighted by Gasteiger charge is 2.68. The first-order valence-corrected chi connectivity index (χ1v) is 11.1. The molecule has 2 aromatic carbocycles. The van der Waals surface area contributed by atoms with Crippen molar-refractivity contribution in [1.82, 2.24) is 20.3 Å². The Kier molecular flexibility index (Phi) is 4.64. The summed E-state index contributed by atoms with van der Waals surface area (Å²) in [4.78, 5) is 13.7. The van der Waals surface area contributed by atoms with Crippen LogP contribution in [0.1, 0.15) is 5.56 Å². The van der Waals surface area contributed by atoms with E-state index in [4.69, 9.17) is 4.74 Å². The number of nitriles is 1. The standard InChI is InChI=1S/C24H20F2N6O2/c25-21-8-15(32-12-16(34-23(32)33)11-31-6-5-29-30-31)2-3-17(21)14-1-4-18(22(26)7-14)24(13-27)19-9-28-10-20(19)24/h1-8,16,19-20,28H,9-12H2/t16-,19-,20+,24+/m0/s1. The maximum absolute atomic E-state index is 15.1. The van der Waals surface area contributed by atoms with Crippen LogP contribution in [0.4, 0.5) is 19.3 Å². The van der Waals surface area contributed by atoms with E-state index in [2.05, 4.69) is 21.7 Å². The number of nitrogens with zero attached hydrogens (tertiary/aromatic N) is 5. The number of carbonyl (C=O) groups excluding carboxylic acids is 1. The van der Waals surface area contributed by atoms with Gasteiger partial charge < -0.3 is 10.1 Å². The summed E-state index contributed by atoms with van der Waals surface area (Å²) in [6, 6.07) is 11.2. The molecule has 3 aromatic rings. The number of hydrogen-bond acceptors (Lipinski definition) is 6. The van der Waals surface area contributed by atoms with Crippen molar-refractivity contribution in [3.63, 3.8) is 0 Å². The molecule has 1 aliphatic carbocycles. The zero-order valence-corrected chi connectivity index (χ0v) is 18.0. The fourth-order valence-corrected chi connectivity index (χ4v) is 5.46. The third-order valence-corrected chi connectivity index (χ3v) is 7.19. The van der Waals surface area contributed by atoms with Gasteiger partial charge in [0.2, 0.25) is 0 Å². The lowest BCUT2D eigenvalue weighted by molar-refractivity contribution is 0.129. The Morgan fingerprint density at radius 1 is 1.18 bits per heavy atom. The minimum atomic E-state index is -0.796. The van der Waals surface area contributed by atoms with Gasteiger partial charge in [-0.2, -0.15) is 5.26 Å². The van der Waals surface area contributed by atoms with E-state index in [0.717, 1.165) is 0 Å². The molecule has 4 atom stereocenters. The van der Waals surface area contributed by atoms with E-state index in [1.165, 1.54) is 29.3 Å². The third kappa shape index (κ3) is 3.08. The normalized spacial score (nSPS) is 27.4. The largest absolute Gasteiger partial charge is 0.442 e. The maximum atomic E-state index is 15.1. The lowest BCUT2D eigenvalue weighted by atomic mass is 9.89. The number of anilines is 1. The average molecular weight is 462 g/mol. The SMILES string of the molecule is N#C[C@]1(c2ccc(-c3ccc(N4C[C@H](Cn5ccnn5)OC4=O)cc3F)cc2F)[C@@H]2CNC[C@@H]21. The smallest absolute Gasteiger partial charge is 0.414 e. The van der Waals surface area contributed by atoms with Gasteiger partial charge >= 0.3 is 6.09 Å². The molecule has 0 spiro atoms. The van der Waals surface area contributed by atoms with Crippen molar-refractivity contribution in [3.05, 3.63) is 66.0 Å². The van der Waals surface area contributed by atoms with Crippen LogP contribution in [-0.2, 0) is 16.7 Å². The van der Waals surface area contributed by atoms with E-state index in [1.807, 2.05) is 0 Å². The Balaban J connectivity index is 1.23. The van der Waals surface area contributed by atoms with Gasteiger partial charge in [0.05, 0.1) is 36.5 Å². The molecule has 2 saturated heterocycles. The summed E-state index contributed by atoms with van der Waals surface area (Å²) in [6.07, 6.45) is 2.19. The number of amides is 1. The zero-order valence-electron chi connectivity index (χ0n) is 18.0. The topological polar surface area (TPSA) is 96.1 Å². The van der Waals surface area contributed by atoms with Crippen molar-refractivity contribution < 1.29 is 18.3 Å². The molecule has 1 aromatic heterocycles. The number of ether oxygens (including phenoxy) is 1. The summed E-state index contributed by atoms with van der Waals surface area (Å²) in [6.45, 7) is 1.99. The molecule has 8 nitrogen and oxygen atoms in total.